The molecule has 40 heavy (non-hydrogen) atoms. The van der Waals surface area contributed by atoms with E-state index in [1.807, 2.05) is 0 Å². The molecule has 2 rings (SSSR count). The van der Waals surface area contributed by atoms with Crippen molar-refractivity contribution in [1.29, 1.82) is 0 Å². The minimum atomic E-state index is 0. The van der Waals surface area contributed by atoms with E-state index in [0.717, 1.165) is 44.1 Å². The second-order valence-electron chi connectivity index (χ2n) is 10.4. The van der Waals surface area contributed by atoms with E-state index in [1.165, 1.54) is 91.2 Å². The normalized spacial score (nSPS) is 10.7. The fourth-order valence-corrected chi connectivity index (χ4v) is 5.10. The van der Waals surface area contributed by atoms with Gasteiger partial charge in [-0.1, -0.05) is 121 Å². The van der Waals surface area contributed by atoms with Crippen molar-refractivity contribution in [2.24, 2.45) is 0 Å². The minimum Gasteiger partial charge on any atom is -0.358 e. The number of hydrogen-bond acceptors (Lipinski definition) is 0. The average molecular weight is 588 g/mol. The molecule has 0 atom stereocenters. The number of benzene rings is 2. The topological polar surface area (TPSA) is 36.4 Å². The maximum absolute atomic E-state index is 9.61. The van der Waals surface area contributed by atoms with Gasteiger partial charge in [0.05, 0.1) is 5.57 Å². The smallest absolute Gasteiger partial charge is 0.358 e. The van der Waals surface area contributed by atoms with Crippen molar-refractivity contribution < 1.29 is 21.3 Å². The first-order valence-corrected chi connectivity index (χ1v) is 15.1. The Morgan fingerprint density at radius 3 is 1.62 bits per heavy atom. The molecule has 0 N–H and O–H groups in total. The summed E-state index contributed by atoms with van der Waals surface area (Å²) in [5.41, 5.74) is 18.6. The number of unbranched alkanes of at least 4 members (excludes halogenated alkanes) is 7. The number of aryl methyl sites for hydroxylation is 2. The summed E-state index contributed by atoms with van der Waals surface area (Å²) in [6, 6.07) is 18.3. The van der Waals surface area contributed by atoms with Crippen LogP contribution in [0, 0.1) is 14.9 Å². The molecular formula is C37H56N2Ni. The van der Waals surface area contributed by atoms with Gasteiger partial charge in [0.2, 0.25) is 0 Å². The van der Waals surface area contributed by atoms with E-state index in [2.05, 4.69) is 86.9 Å². The Balaban J connectivity index is 0. The summed E-state index contributed by atoms with van der Waals surface area (Å²) in [4.78, 5) is 3.44. The Kier molecular flexibility index (Phi) is 24.6. The molecular weight excluding hydrogens is 531 g/mol. The number of hydrogen-bond donors (Lipinski definition) is 0. The molecule has 2 aromatic carbocycles. The van der Waals surface area contributed by atoms with E-state index in [1.54, 1.807) is 0 Å². The van der Waals surface area contributed by atoms with Crippen molar-refractivity contribution >= 4 is 11.4 Å². The molecule has 3 heteroatoms. The molecule has 0 heterocycles. The van der Waals surface area contributed by atoms with Gasteiger partial charge < -0.3 is 20.4 Å². The van der Waals surface area contributed by atoms with Crippen LogP contribution in [0.2, 0.25) is 0 Å². The van der Waals surface area contributed by atoms with E-state index in [0.29, 0.717) is 0 Å². The van der Waals surface area contributed by atoms with Gasteiger partial charge in [-0.2, -0.15) is 0 Å². The summed E-state index contributed by atoms with van der Waals surface area (Å²) < 4.78 is 0. The minimum absolute atomic E-state index is 0. The van der Waals surface area contributed by atoms with Crippen LogP contribution in [0.5, 0.6) is 0 Å². The molecule has 0 aliphatic carbocycles. The zero-order valence-electron chi connectivity index (χ0n) is 26.4. The van der Waals surface area contributed by atoms with Gasteiger partial charge in [0.25, 0.3) is 0 Å². The summed E-state index contributed by atoms with van der Waals surface area (Å²) in [6.07, 6.45) is 17.2. The molecule has 2 nitrogen and oxygen atoms in total. The van der Waals surface area contributed by atoms with E-state index in [-0.39, 0.29) is 31.3 Å². The molecule has 0 radical (unpaired) electrons. The summed E-state index contributed by atoms with van der Waals surface area (Å²) in [5.74, 6) is 3.03. The van der Waals surface area contributed by atoms with Crippen LogP contribution in [0.15, 0.2) is 59.7 Å². The summed E-state index contributed by atoms with van der Waals surface area (Å²) >= 11 is 0. The van der Waals surface area contributed by atoms with E-state index in [9.17, 15) is 5.53 Å². The van der Waals surface area contributed by atoms with Crippen molar-refractivity contribution in [3.63, 3.8) is 0 Å². The van der Waals surface area contributed by atoms with Crippen molar-refractivity contribution in [2.45, 2.75) is 124 Å². The van der Waals surface area contributed by atoms with Crippen LogP contribution in [0.1, 0.15) is 133 Å². The van der Waals surface area contributed by atoms with Crippen molar-refractivity contribution in [3.05, 3.63) is 102 Å². The summed E-state index contributed by atoms with van der Waals surface area (Å²) in [7, 11) is 0. The molecule has 0 saturated heterocycles. The van der Waals surface area contributed by atoms with Crippen LogP contribution >= 0.6 is 0 Å². The molecule has 2 aromatic rings. The van der Waals surface area contributed by atoms with E-state index in [4.69, 9.17) is 0 Å². The zero-order chi connectivity index (χ0) is 26.7. The van der Waals surface area contributed by atoms with Crippen LogP contribution in [-0.4, -0.2) is 10.7 Å². The van der Waals surface area contributed by atoms with Crippen LogP contribution in [0.25, 0.3) is 11.1 Å². The summed E-state index contributed by atoms with van der Waals surface area (Å²) in [5, 5.41) is 0. The molecule has 224 valence electrons. The molecule has 0 saturated carbocycles. The molecule has 0 spiro atoms. The van der Waals surface area contributed by atoms with Crippen LogP contribution < -0.4 is 0 Å². The van der Waals surface area contributed by atoms with Gasteiger partial charge in [-0.3, -0.25) is 0 Å². The Morgan fingerprint density at radius 1 is 0.650 bits per heavy atom. The predicted molar refractivity (Wildman–Crippen MR) is 174 cm³/mol. The predicted octanol–water partition coefficient (Wildman–Crippen LogP) is 11.4. The van der Waals surface area contributed by atoms with Gasteiger partial charge >= 0.3 is 22.4 Å². The molecule has 0 bridgehead atoms. The van der Waals surface area contributed by atoms with Gasteiger partial charge in [-0.05, 0) is 84.8 Å². The van der Waals surface area contributed by atoms with Gasteiger partial charge in [0.15, 0.2) is 0 Å². The number of allylic oxidation sites excluding steroid dienone is 2. The quantitative estimate of drug-likeness (QED) is 0.0316. The van der Waals surface area contributed by atoms with Crippen LogP contribution in [-0.2, 0) is 29.3 Å². The van der Waals surface area contributed by atoms with Crippen molar-refractivity contribution in [1.82, 2.24) is 0 Å². The standard InChI is InChI=1S/C35H50N2.2CH3.Ni/c1-5-9-13-19-30-21-17-24-32(27-30)35(31-23-16-20-29(26-31)18-12-8-4)34(25-15-11-7-3)33(28-37-36)22-14-10-6-2;;;/h16-17,20-21,23-24,26-27H,5-15,18-19,22,25H2,1-4H3;2*1H3;/q;2*-1;+2. The third kappa shape index (κ3) is 13.9. The molecule has 0 aliphatic heterocycles. The van der Waals surface area contributed by atoms with Gasteiger partial charge in [-0.25, -0.2) is 0 Å². The first-order chi connectivity index (χ1) is 18.2. The van der Waals surface area contributed by atoms with Gasteiger partial charge in [0, 0.05) is 0 Å². The average Bonchev–Trinajstić information content (AvgIpc) is 2.92. The van der Waals surface area contributed by atoms with Crippen LogP contribution in [0.3, 0.4) is 0 Å². The Hall–Kier alpha value is -2.17. The maximum atomic E-state index is 9.61. The van der Waals surface area contributed by atoms with Crippen molar-refractivity contribution in [2.75, 3.05) is 0 Å². The van der Waals surface area contributed by atoms with Gasteiger partial charge in [-0.15, -0.1) is 4.79 Å². The van der Waals surface area contributed by atoms with E-state index < -0.39 is 0 Å². The van der Waals surface area contributed by atoms with Crippen LogP contribution in [0.4, 0.5) is 0 Å². The molecule has 0 amide bonds. The third-order valence-corrected chi connectivity index (χ3v) is 7.23. The SMILES string of the molecule is CCCCCC(=C=[N+]=[N-])C(CCCCC)=C(c1cccc(CCCC)c1)c1cccc(CCCCC)c1.[CH3-].[CH3-].[Ni+2]. The fraction of sp³-hybridized carbons (Fsp3) is 0.514. The maximum Gasteiger partial charge on any atom is 2.00 e. The Morgan fingerprint density at radius 2 is 1.12 bits per heavy atom. The monoisotopic (exact) mass is 586 g/mol. The third-order valence-electron chi connectivity index (χ3n) is 7.23. The zero-order valence-corrected chi connectivity index (χ0v) is 27.4. The molecule has 0 fully saturated rings. The Labute approximate surface area is 258 Å². The first kappa shape index (κ1) is 40.0. The van der Waals surface area contributed by atoms with Crippen molar-refractivity contribution in [3.8, 4) is 0 Å². The molecule has 0 unspecified atom stereocenters. The number of nitrogens with zero attached hydrogens (tertiary/aromatic N) is 2. The first-order valence-electron chi connectivity index (χ1n) is 15.1. The van der Waals surface area contributed by atoms with Gasteiger partial charge in [0.1, 0.15) is 0 Å². The molecule has 0 aliphatic rings. The number of rotatable bonds is 18. The fourth-order valence-electron chi connectivity index (χ4n) is 5.10. The molecule has 0 aromatic heterocycles. The largest absolute Gasteiger partial charge is 2.00 e. The van der Waals surface area contributed by atoms with E-state index >= 15 is 0 Å². The second-order valence-corrected chi connectivity index (χ2v) is 10.4. The Bertz CT molecular complexity index is 1060. The second kappa shape index (κ2) is 24.6. The summed E-state index contributed by atoms with van der Waals surface area (Å²) in [6.45, 7) is 9.01.